The molecule has 0 fully saturated rings. The highest BCUT2D eigenvalue weighted by Gasteiger charge is 1.97. The molecule has 0 aliphatic heterocycles. The standard InChI is InChI=1S/C7H16O.C4H10.C3H8/c1-3-5-7(8)6-4-2;1-3-4-2;1-3-2/h7-8H,3-6H2,1-2H3;3-4H2,1-2H3;3H2,1-2H3. The first-order chi connectivity index (χ1) is 7.14. The molecule has 0 unspecified atom stereocenters. The number of hydrogen-bond acceptors (Lipinski definition) is 1. The molecule has 0 amide bonds. The van der Waals surface area contributed by atoms with Crippen LogP contribution in [0.25, 0.3) is 0 Å². The van der Waals surface area contributed by atoms with Crippen LogP contribution in [0, 0.1) is 0 Å². The van der Waals surface area contributed by atoms with E-state index in [9.17, 15) is 0 Å². The summed E-state index contributed by atoms with van der Waals surface area (Å²) in [5.74, 6) is 0. The van der Waals surface area contributed by atoms with Crippen molar-refractivity contribution in [2.24, 2.45) is 0 Å². The third-order valence-electron chi connectivity index (χ3n) is 1.74. The molecule has 0 atom stereocenters. The molecule has 0 bridgehead atoms. The van der Waals surface area contributed by atoms with E-state index in [0.29, 0.717) is 0 Å². The van der Waals surface area contributed by atoms with Gasteiger partial charge in [0.1, 0.15) is 0 Å². The predicted molar refractivity (Wildman–Crippen MR) is 72.4 cm³/mol. The van der Waals surface area contributed by atoms with Crippen molar-refractivity contribution >= 4 is 0 Å². The summed E-state index contributed by atoms with van der Waals surface area (Å²) in [5.41, 5.74) is 0. The van der Waals surface area contributed by atoms with Gasteiger partial charge in [-0.1, -0.05) is 73.6 Å². The van der Waals surface area contributed by atoms with E-state index < -0.39 is 0 Å². The van der Waals surface area contributed by atoms with Gasteiger partial charge >= 0.3 is 0 Å². The molecule has 0 radical (unpaired) electrons. The molecule has 0 saturated heterocycles. The van der Waals surface area contributed by atoms with Gasteiger partial charge in [-0.15, -0.1) is 0 Å². The quantitative estimate of drug-likeness (QED) is 0.675. The molecule has 0 spiro atoms. The number of aliphatic hydroxyl groups is 1. The molecule has 0 aliphatic rings. The van der Waals surface area contributed by atoms with Gasteiger partial charge in [-0.2, -0.15) is 0 Å². The Labute approximate surface area is 98.3 Å². The highest BCUT2D eigenvalue weighted by Crippen LogP contribution is 2.02. The second kappa shape index (κ2) is 23.6. The Morgan fingerprint density at radius 1 is 0.667 bits per heavy atom. The van der Waals surface area contributed by atoms with E-state index in [4.69, 9.17) is 5.11 Å². The first-order valence-corrected chi connectivity index (χ1v) is 6.82. The minimum absolute atomic E-state index is 0.0370. The van der Waals surface area contributed by atoms with Gasteiger partial charge in [-0.3, -0.25) is 0 Å². The van der Waals surface area contributed by atoms with Crippen LogP contribution in [0.1, 0.15) is 86.5 Å². The highest BCUT2D eigenvalue weighted by molar-refractivity contribution is 4.51. The Bertz CT molecular complexity index is 63.7. The van der Waals surface area contributed by atoms with Gasteiger partial charge in [0, 0.05) is 0 Å². The average molecular weight is 218 g/mol. The molecule has 1 heteroatoms. The Morgan fingerprint density at radius 2 is 0.933 bits per heavy atom. The van der Waals surface area contributed by atoms with Crippen molar-refractivity contribution in [3.8, 4) is 0 Å². The lowest BCUT2D eigenvalue weighted by Gasteiger charge is -2.04. The number of rotatable bonds is 5. The van der Waals surface area contributed by atoms with Crippen LogP contribution >= 0.6 is 0 Å². The van der Waals surface area contributed by atoms with Crippen molar-refractivity contribution in [3.05, 3.63) is 0 Å². The summed E-state index contributed by atoms with van der Waals surface area (Å²) in [5, 5.41) is 9.05. The molecule has 1 N–H and O–H groups in total. The van der Waals surface area contributed by atoms with Gasteiger partial charge < -0.3 is 5.11 Å². The molecule has 0 aromatic heterocycles. The second-order valence-electron chi connectivity index (χ2n) is 3.94. The van der Waals surface area contributed by atoms with Crippen LogP contribution in [0.4, 0.5) is 0 Å². The Kier molecular flexibility index (Phi) is 32.1. The first-order valence-electron chi connectivity index (χ1n) is 6.82. The Morgan fingerprint density at radius 3 is 1.07 bits per heavy atom. The van der Waals surface area contributed by atoms with Crippen LogP contribution in [0.5, 0.6) is 0 Å². The van der Waals surface area contributed by atoms with Crippen LogP contribution < -0.4 is 0 Å². The van der Waals surface area contributed by atoms with Crippen LogP contribution in [-0.4, -0.2) is 11.2 Å². The molecule has 0 rings (SSSR count). The fourth-order valence-corrected chi connectivity index (χ4v) is 0.811. The predicted octanol–water partition coefficient (Wildman–Crippen LogP) is 5.17. The third kappa shape index (κ3) is 41.2. The van der Waals surface area contributed by atoms with Crippen molar-refractivity contribution in [1.82, 2.24) is 0 Å². The molecular formula is C14H34O. The average Bonchev–Trinajstić information content (AvgIpc) is 2.20. The van der Waals surface area contributed by atoms with E-state index in [-0.39, 0.29) is 6.10 Å². The SMILES string of the molecule is CCC.CCCC.CCCC(O)CCC. The summed E-state index contributed by atoms with van der Waals surface area (Å²) in [7, 11) is 0. The van der Waals surface area contributed by atoms with Gasteiger partial charge in [0.05, 0.1) is 6.10 Å². The molecule has 0 aromatic rings. The van der Waals surface area contributed by atoms with Crippen molar-refractivity contribution in [2.75, 3.05) is 0 Å². The van der Waals surface area contributed by atoms with Crippen molar-refractivity contribution in [2.45, 2.75) is 92.6 Å². The maximum Gasteiger partial charge on any atom is 0.0540 e. The Balaban J connectivity index is -0.000000173. The summed E-state index contributed by atoms with van der Waals surface area (Å²) in [6.07, 6.45) is 7.98. The molecule has 0 aliphatic carbocycles. The topological polar surface area (TPSA) is 20.2 Å². The van der Waals surface area contributed by atoms with Crippen LogP contribution in [0.3, 0.4) is 0 Å². The fraction of sp³-hybridized carbons (Fsp3) is 1.00. The minimum atomic E-state index is -0.0370. The highest BCUT2D eigenvalue weighted by atomic mass is 16.3. The fourth-order valence-electron chi connectivity index (χ4n) is 0.811. The number of unbranched alkanes of at least 4 members (excludes halogenated alkanes) is 1. The van der Waals surface area contributed by atoms with Crippen LogP contribution in [0.15, 0.2) is 0 Å². The first kappa shape index (κ1) is 20.4. The Hall–Kier alpha value is -0.0400. The minimum Gasteiger partial charge on any atom is -0.393 e. The maximum atomic E-state index is 9.05. The lowest BCUT2D eigenvalue weighted by Crippen LogP contribution is -2.03. The van der Waals surface area contributed by atoms with E-state index in [1.807, 2.05) is 0 Å². The van der Waals surface area contributed by atoms with Gasteiger partial charge in [0.15, 0.2) is 0 Å². The van der Waals surface area contributed by atoms with E-state index >= 15 is 0 Å². The van der Waals surface area contributed by atoms with Gasteiger partial charge in [-0.05, 0) is 12.8 Å². The molecule has 0 aromatic carbocycles. The summed E-state index contributed by atoms with van der Waals surface area (Å²) >= 11 is 0. The molecule has 0 heterocycles. The van der Waals surface area contributed by atoms with Gasteiger partial charge in [0.2, 0.25) is 0 Å². The van der Waals surface area contributed by atoms with Crippen molar-refractivity contribution < 1.29 is 5.11 Å². The lowest BCUT2D eigenvalue weighted by atomic mass is 10.1. The van der Waals surface area contributed by atoms with Gasteiger partial charge in [-0.25, -0.2) is 0 Å². The van der Waals surface area contributed by atoms with Crippen LogP contribution in [0.2, 0.25) is 0 Å². The van der Waals surface area contributed by atoms with E-state index in [1.54, 1.807) is 0 Å². The van der Waals surface area contributed by atoms with E-state index in [1.165, 1.54) is 19.3 Å². The number of hydrogen-bond donors (Lipinski definition) is 1. The maximum absolute atomic E-state index is 9.05. The third-order valence-corrected chi connectivity index (χ3v) is 1.74. The zero-order valence-electron chi connectivity index (χ0n) is 12.0. The van der Waals surface area contributed by atoms with Crippen molar-refractivity contribution in [3.63, 3.8) is 0 Å². The summed E-state index contributed by atoms with van der Waals surface area (Å²) in [6, 6.07) is 0. The summed E-state index contributed by atoms with van der Waals surface area (Å²) < 4.78 is 0. The van der Waals surface area contributed by atoms with E-state index in [0.717, 1.165) is 25.7 Å². The smallest absolute Gasteiger partial charge is 0.0540 e. The second-order valence-corrected chi connectivity index (χ2v) is 3.94. The monoisotopic (exact) mass is 218 g/mol. The normalized spacial score (nSPS) is 8.80. The zero-order chi connectivity index (χ0) is 12.5. The molecule has 1 nitrogen and oxygen atoms in total. The molecule has 96 valence electrons. The number of aliphatic hydroxyl groups excluding tert-OH is 1. The largest absolute Gasteiger partial charge is 0.393 e. The van der Waals surface area contributed by atoms with Gasteiger partial charge in [0.25, 0.3) is 0 Å². The zero-order valence-corrected chi connectivity index (χ0v) is 12.0. The van der Waals surface area contributed by atoms with Crippen LogP contribution in [-0.2, 0) is 0 Å². The molecule has 15 heavy (non-hydrogen) atoms. The summed E-state index contributed by atoms with van der Waals surface area (Å²) in [6.45, 7) is 12.8. The van der Waals surface area contributed by atoms with Crippen molar-refractivity contribution in [1.29, 1.82) is 0 Å². The molecule has 0 saturated carbocycles. The lowest BCUT2D eigenvalue weighted by molar-refractivity contribution is 0.153. The van der Waals surface area contributed by atoms with E-state index in [2.05, 4.69) is 41.5 Å². The summed E-state index contributed by atoms with van der Waals surface area (Å²) in [4.78, 5) is 0. The molecular weight excluding hydrogens is 184 g/mol.